The van der Waals surface area contributed by atoms with Gasteiger partial charge in [-0.15, -0.1) is 0 Å². The van der Waals surface area contributed by atoms with Gasteiger partial charge in [0, 0.05) is 0 Å². The van der Waals surface area contributed by atoms with E-state index in [-0.39, 0.29) is 5.83 Å². The molecule has 0 aromatic rings. The number of rotatable bonds is 4. The van der Waals surface area contributed by atoms with Crippen LogP contribution in [0.25, 0.3) is 0 Å². The summed E-state index contributed by atoms with van der Waals surface area (Å²) < 4.78 is 12.9. The van der Waals surface area contributed by atoms with Gasteiger partial charge in [0.15, 0.2) is 0 Å². The van der Waals surface area contributed by atoms with Gasteiger partial charge in [0.25, 0.3) is 0 Å². The molecule has 0 aliphatic carbocycles. The summed E-state index contributed by atoms with van der Waals surface area (Å²) in [4.78, 5) is 0. The van der Waals surface area contributed by atoms with Gasteiger partial charge in [-0.25, -0.2) is 4.39 Å². The summed E-state index contributed by atoms with van der Waals surface area (Å²) in [6.45, 7) is 7.63. The fourth-order valence-corrected chi connectivity index (χ4v) is 1.28. The van der Waals surface area contributed by atoms with Gasteiger partial charge in [0.2, 0.25) is 0 Å². The lowest BCUT2D eigenvalue weighted by Gasteiger charge is -2.04. The number of allylic oxidation sites excluding steroid dienone is 4. The van der Waals surface area contributed by atoms with Gasteiger partial charge in [-0.1, -0.05) is 26.3 Å². The highest BCUT2D eigenvalue weighted by atomic mass is 19.1. The zero-order chi connectivity index (χ0) is 9.56. The van der Waals surface area contributed by atoms with Gasteiger partial charge in [0.05, 0.1) is 0 Å². The van der Waals surface area contributed by atoms with Crippen molar-refractivity contribution in [3.8, 4) is 0 Å². The zero-order valence-corrected chi connectivity index (χ0v) is 8.58. The van der Waals surface area contributed by atoms with E-state index in [1.54, 1.807) is 0 Å². The third kappa shape index (κ3) is 3.70. The largest absolute Gasteiger partial charge is 0.212 e. The Hall–Kier alpha value is -0.590. The molecule has 0 aromatic heterocycles. The number of hydrogen-bond acceptors (Lipinski definition) is 0. The van der Waals surface area contributed by atoms with Crippen molar-refractivity contribution >= 4 is 0 Å². The number of unbranched alkanes of at least 4 members (excludes halogenated alkanes) is 1. The monoisotopic (exact) mass is 170 g/mol. The molecular weight excluding hydrogens is 151 g/mol. The van der Waals surface area contributed by atoms with E-state index in [4.69, 9.17) is 0 Å². The molecule has 0 aliphatic rings. The summed E-state index contributed by atoms with van der Waals surface area (Å²) >= 11 is 0. The predicted molar refractivity (Wildman–Crippen MR) is 52.8 cm³/mol. The summed E-state index contributed by atoms with van der Waals surface area (Å²) in [5.41, 5.74) is 1.96. The first-order valence-electron chi connectivity index (χ1n) is 4.65. The lowest BCUT2D eigenvalue weighted by molar-refractivity contribution is 0.623. The third-order valence-electron chi connectivity index (χ3n) is 1.98. The Kier molecular flexibility index (Phi) is 5.69. The van der Waals surface area contributed by atoms with Crippen molar-refractivity contribution in [2.75, 3.05) is 0 Å². The van der Waals surface area contributed by atoms with Crippen LogP contribution in [0.2, 0.25) is 0 Å². The third-order valence-corrected chi connectivity index (χ3v) is 1.98. The number of halogens is 1. The molecule has 0 rings (SSSR count). The minimum atomic E-state index is -0.0395. The molecule has 0 aliphatic heterocycles. The highest BCUT2D eigenvalue weighted by Gasteiger charge is 2.01. The van der Waals surface area contributed by atoms with Crippen molar-refractivity contribution in [2.45, 2.75) is 47.0 Å². The summed E-state index contributed by atoms with van der Waals surface area (Å²) in [5.74, 6) is -0.0395. The van der Waals surface area contributed by atoms with E-state index in [0.29, 0.717) is 0 Å². The second-order valence-electron chi connectivity index (χ2n) is 3.04. The molecule has 1 heteroatoms. The van der Waals surface area contributed by atoms with Crippen LogP contribution in [0, 0.1) is 0 Å². The molecule has 12 heavy (non-hydrogen) atoms. The number of hydrogen-bond donors (Lipinski definition) is 0. The van der Waals surface area contributed by atoms with Crippen LogP contribution in [-0.4, -0.2) is 0 Å². The van der Waals surface area contributed by atoms with Crippen molar-refractivity contribution in [3.63, 3.8) is 0 Å². The molecule has 0 heterocycles. The molecule has 0 nitrogen and oxygen atoms in total. The first-order valence-corrected chi connectivity index (χ1v) is 4.65. The fourth-order valence-electron chi connectivity index (χ4n) is 1.28. The predicted octanol–water partition coefficient (Wildman–Crippen LogP) is 4.39. The van der Waals surface area contributed by atoms with E-state index in [1.165, 1.54) is 6.92 Å². The molecular formula is C11H19F. The SMILES string of the molecule is CCC/C=C(C)/C(CC)=C(\C)F. The Balaban J connectivity index is 4.43. The molecule has 0 aromatic carbocycles. The smallest absolute Gasteiger partial charge is 0.100 e. The minimum absolute atomic E-state index is 0.0395. The lowest BCUT2D eigenvalue weighted by atomic mass is 10.0. The summed E-state index contributed by atoms with van der Waals surface area (Å²) in [6, 6.07) is 0. The Bertz CT molecular complexity index is 183. The molecule has 0 atom stereocenters. The molecule has 0 unspecified atom stereocenters. The Morgan fingerprint density at radius 3 is 2.17 bits per heavy atom. The van der Waals surface area contributed by atoms with Crippen LogP contribution in [0.3, 0.4) is 0 Å². The Labute approximate surface area is 75.2 Å². The highest BCUT2D eigenvalue weighted by molar-refractivity contribution is 5.30. The molecule has 0 saturated heterocycles. The van der Waals surface area contributed by atoms with E-state index in [2.05, 4.69) is 13.0 Å². The molecule has 0 spiro atoms. The van der Waals surface area contributed by atoms with Crippen molar-refractivity contribution in [2.24, 2.45) is 0 Å². The second-order valence-corrected chi connectivity index (χ2v) is 3.04. The second kappa shape index (κ2) is 5.99. The van der Waals surface area contributed by atoms with E-state index < -0.39 is 0 Å². The van der Waals surface area contributed by atoms with Crippen molar-refractivity contribution in [1.82, 2.24) is 0 Å². The average molecular weight is 170 g/mol. The molecule has 70 valence electrons. The van der Waals surface area contributed by atoms with Crippen LogP contribution in [0.5, 0.6) is 0 Å². The van der Waals surface area contributed by atoms with Gasteiger partial charge < -0.3 is 0 Å². The fraction of sp³-hybridized carbons (Fsp3) is 0.636. The van der Waals surface area contributed by atoms with Gasteiger partial charge in [-0.05, 0) is 37.8 Å². The maximum absolute atomic E-state index is 12.9. The average Bonchev–Trinajstić information content (AvgIpc) is 2.01. The van der Waals surface area contributed by atoms with Crippen molar-refractivity contribution < 1.29 is 4.39 Å². The van der Waals surface area contributed by atoms with Crippen LogP contribution in [-0.2, 0) is 0 Å². The Morgan fingerprint density at radius 2 is 1.83 bits per heavy atom. The summed E-state index contributed by atoms with van der Waals surface area (Å²) in [5, 5.41) is 0. The molecule has 0 N–H and O–H groups in total. The van der Waals surface area contributed by atoms with E-state index in [9.17, 15) is 4.39 Å². The standard InChI is InChI=1S/C11H19F/c1-5-7-8-9(3)11(6-2)10(4)12/h8H,5-7H2,1-4H3/b9-8+,11-10+. The summed E-state index contributed by atoms with van der Waals surface area (Å²) in [7, 11) is 0. The normalized spacial score (nSPS) is 14.6. The van der Waals surface area contributed by atoms with Gasteiger partial charge in [0.1, 0.15) is 5.83 Å². The lowest BCUT2D eigenvalue weighted by Crippen LogP contribution is -1.86. The van der Waals surface area contributed by atoms with E-state index in [0.717, 1.165) is 30.4 Å². The van der Waals surface area contributed by atoms with E-state index >= 15 is 0 Å². The summed E-state index contributed by atoms with van der Waals surface area (Å²) in [6.07, 6.45) is 5.07. The molecule has 0 fully saturated rings. The molecule has 0 saturated carbocycles. The topological polar surface area (TPSA) is 0 Å². The van der Waals surface area contributed by atoms with E-state index in [1.807, 2.05) is 13.8 Å². The molecule has 0 radical (unpaired) electrons. The van der Waals surface area contributed by atoms with Crippen molar-refractivity contribution in [3.05, 3.63) is 23.0 Å². The highest BCUT2D eigenvalue weighted by Crippen LogP contribution is 2.19. The molecule has 0 amide bonds. The first-order chi connectivity index (χ1) is 5.63. The van der Waals surface area contributed by atoms with Crippen molar-refractivity contribution in [1.29, 1.82) is 0 Å². The van der Waals surface area contributed by atoms with Crippen LogP contribution < -0.4 is 0 Å². The molecule has 0 bridgehead atoms. The maximum atomic E-state index is 12.9. The Morgan fingerprint density at radius 1 is 1.25 bits per heavy atom. The minimum Gasteiger partial charge on any atom is -0.212 e. The van der Waals surface area contributed by atoms with Crippen LogP contribution in [0.1, 0.15) is 47.0 Å². The van der Waals surface area contributed by atoms with Crippen LogP contribution in [0.15, 0.2) is 23.0 Å². The quantitative estimate of drug-likeness (QED) is 0.549. The van der Waals surface area contributed by atoms with Gasteiger partial charge in [-0.3, -0.25) is 0 Å². The zero-order valence-electron chi connectivity index (χ0n) is 8.58. The van der Waals surface area contributed by atoms with Crippen LogP contribution in [0.4, 0.5) is 4.39 Å². The maximum Gasteiger partial charge on any atom is 0.100 e. The van der Waals surface area contributed by atoms with Gasteiger partial charge in [-0.2, -0.15) is 0 Å². The van der Waals surface area contributed by atoms with Crippen LogP contribution >= 0.6 is 0 Å². The first kappa shape index (κ1) is 11.4. The van der Waals surface area contributed by atoms with Gasteiger partial charge >= 0.3 is 0 Å².